The molecule has 0 bridgehead atoms. The zero-order valence-electron chi connectivity index (χ0n) is 16.0. The molecule has 0 saturated heterocycles. The zero-order valence-corrected chi connectivity index (χ0v) is 16.0. The second-order valence-electron chi connectivity index (χ2n) is 8.14. The van der Waals surface area contributed by atoms with E-state index in [-0.39, 0.29) is 6.04 Å². The maximum Gasteiger partial charge on any atom is 0.434 e. The van der Waals surface area contributed by atoms with E-state index in [9.17, 15) is 9.59 Å². The number of aromatic nitrogens is 1. The Morgan fingerprint density at radius 3 is 2.20 bits per heavy atom. The number of ether oxygens (including phenoxy) is 2. The van der Waals surface area contributed by atoms with E-state index in [1.807, 2.05) is 6.92 Å². The van der Waals surface area contributed by atoms with Gasteiger partial charge in [-0.3, -0.25) is 4.98 Å². The molecule has 0 N–H and O–H groups in total. The molecule has 7 heteroatoms. The van der Waals surface area contributed by atoms with Crippen LogP contribution in [-0.4, -0.2) is 39.4 Å². The van der Waals surface area contributed by atoms with Gasteiger partial charge in [-0.1, -0.05) is 0 Å². The largest absolute Gasteiger partial charge is 0.442 e. The molecule has 1 atom stereocenters. The zero-order chi connectivity index (χ0) is 19.0. The van der Waals surface area contributed by atoms with Gasteiger partial charge in [0.2, 0.25) is 0 Å². The molecule has 7 nitrogen and oxygen atoms in total. The van der Waals surface area contributed by atoms with Crippen molar-refractivity contribution in [1.82, 2.24) is 9.99 Å². The Bertz CT molecular complexity index is 661. The molecule has 0 aromatic carbocycles. The number of amides is 2. The molecule has 0 aliphatic carbocycles. The van der Waals surface area contributed by atoms with E-state index >= 15 is 0 Å². The molecule has 0 radical (unpaired) electrons. The van der Waals surface area contributed by atoms with Crippen molar-refractivity contribution < 1.29 is 19.1 Å². The van der Waals surface area contributed by atoms with Crippen molar-refractivity contribution in [3.05, 3.63) is 24.0 Å². The predicted octanol–water partition coefficient (Wildman–Crippen LogP) is 3.92. The number of hydrazine groups is 1. The van der Waals surface area contributed by atoms with Crippen LogP contribution in [0.4, 0.5) is 15.3 Å². The number of carbonyl (C=O) groups excluding carboxylic acids is 2. The molecule has 1 unspecified atom stereocenters. The summed E-state index contributed by atoms with van der Waals surface area (Å²) in [4.78, 5) is 29.9. The number of pyridine rings is 1. The maximum absolute atomic E-state index is 12.8. The van der Waals surface area contributed by atoms with Crippen molar-refractivity contribution in [2.75, 3.05) is 5.01 Å². The van der Waals surface area contributed by atoms with Crippen molar-refractivity contribution in [2.24, 2.45) is 0 Å². The molecule has 138 valence electrons. The molecule has 0 saturated carbocycles. The van der Waals surface area contributed by atoms with E-state index in [0.717, 1.165) is 5.69 Å². The van der Waals surface area contributed by atoms with Gasteiger partial charge in [-0.2, -0.15) is 5.01 Å². The first-order valence-electron chi connectivity index (χ1n) is 8.38. The Morgan fingerprint density at radius 2 is 1.64 bits per heavy atom. The average molecular weight is 349 g/mol. The molecule has 0 spiro atoms. The van der Waals surface area contributed by atoms with Gasteiger partial charge in [0.15, 0.2) is 0 Å². The number of anilines is 1. The fourth-order valence-corrected chi connectivity index (χ4v) is 2.52. The van der Waals surface area contributed by atoms with Gasteiger partial charge >= 0.3 is 12.2 Å². The third kappa shape index (κ3) is 4.61. The maximum atomic E-state index is 12.8. The lowest BCUT2D eigenvalue weighted by atomic mass is 10.1. The Morgan fingerprint density at radius 1 is 1.08 bits per heavy atom. The van der Waals surface area contributed by atoms with Crippen LogP contribution in [0.1, 0.15) is 54.2 Å². The lowest BCUT2D eigenvalue weighted by Gasteiger charge is -2.43. The van der Waals surface area contributed by atoms with E-state index in [0.29, 0.717) is 12.1 Å². The second-order valence-corrected chi connectivity index (χ2v) is 8.14. The second kappa shape index (κ2) is 6.54. The number of rotatable bonds is 0. The van der Waals surface area contributed by atoms with Crippen molar-refractivity contribution in [3.8, 4) is 0 Å². The minimum Gasteiger partial charge on any atom is -0.442 e. The lowest BCUT2D eigenvalue weighted by Crippen LogP contribution is -2.59. The van der Waals surface area contributed by atoms with Crippen molar-refractivity contribution in [3.63, 3.8) is 0 Å². The van der Waals surface area contributed by atoms with Crippen LogP contribution in [0.25, 0.3) is 0 Å². The molecule has 1 aromatic heterocycles. The van der Waals surface area contributed by atoms with Crippen LogP contribution in [0.5, 0.6) is 0 Å². The first-order valence-corrected chi connectivity index (χ1v) is 8.38. The normalized spacial score (nSPS) is 17.8. The number of hydrogen-bond acceptors (Lipinski definition) is 5. The van der Waals surface area contributed by atoms with Crippen LogP contribution in [0.15, 0.2) is 18.3 Å². The standard InChI is InChI=1S/C18H27N3O4/c1-12-11-13-14(9-8-10-19-13)21(16(23)25-18(5,6)7)20(12)15(22)24-17(2,3)4/h8-10,12H,11H2,1-7H3. The van der Waals surface area contributed by atoms with Gasteiger partial charge in [-0.25, -0.2) is 14.6 Å². The molecular weight excluding hydrogens is 322 g/mol. The van der Waals surface area contributed by atoms with Crippen molar-refractivity contribution in [1.29, 1.82) is 0 Å². The summed E-state index contributed by atoms with van der Waals surface area (Å²) in [6.07, 6.45) is 0.955. The van der Waals surface area contributed by atoms with Crippen LogP contribution >= 0.6 is 0 Å². The number of carbonyl (C=O) groups is 2. The van der Waals surface area contributed by atoms with Crippen LogP contribution < -0.4 is 5.01 Å². The van der Waals surface area contributed by atoms with Gasteiger partial charge in [-0.15, -0.1) is 0 Å². The first-order chi connectivity index (χ1) is 11.4. The topological polar surface area (TPSA) is 72.0 Å². The summed E-state index contributed by atoms with van der Waals surface area (Å²) in [7, 11) is 0. The molecule has 1 aromatic rings. The van der Waals surface area contributed by atoms with Crippen LogP contribution in [0.3, 0.4) is 0 Å². The van der Waals surface area contributed by atoms with E-state index in [1.165, 1.54) is 10.0 Å². The Hall–Kier alpha value is -2.31. The monoisotopic (exact) mass is 349 g/mol. The molecule has 2 rings (SSSR count). The fraction of sp³-hybridized carbons (Fsp3) is 0.611. The van der Waals surface area contributed by atoms with Crippen molar-refractivity contribution in [2.45, 2.75) is 72.1 Å². The van der Waals surface area contributed by atoms with E-state index < -0.39 is 23.4 Å². The number of fused-ring (bicyclic) bond motifs is 1. The highest BCUT2D eigenvalue weighted by Crippen LogP contribution is 2.32. The van der Waals surface area contributed by atoms with Crippen LogP contribution in [0.2, 0.25) is 0 Å². The summed E-state index contributed by atoms with van der Waals surface area (Å²) < 4.78 is 11.0. The fourth-order valence-electron chi connectivity index (χ4n) is 2.52. The predicted molar refractivity (Wildman–Crippen MR) is 94.2 cm³/mol. The molecule has 1 aliphatic heterocycles. The van der Waals surface area contributed by atoms with Gasteiger partial charge < -0.3 is 9.47 Å². The summed E-state index contributed by atoms with van der Waals surface area (Å²) in [5, 5.41) is 2.54. The highest BCUT2D eigenvalue weighted by atomic mass is 16.6. The summed E-state index contributed by atoms with van der Waals surface area (Å²) in [6, 6.07) is 3.17. The summed E-state index contributed by atoms with van der Waals surface area (Å²) in [6.45, 7) is 12.5. The highest BCUT2D eigenvalue weighted by molar-refractivity contribution is 5.92. The van der Waals surface area contributed by atoms with Gasteiger partial charge in [-0.05, 0) is 60.6 Å². The summed E-state index contributed by atoms with van der Waals surface area (Å²) >= 11 is 0. The lowest BCUT2D eigenvalue weighted by molar-refractivity contribution is 0.00366. The quantitative estimate of drug-likeness (QED) is 0.710. The van der Waals surface area contributed by atoms with Crippen LogP contribution in [-0.2, 0) is 15.9 Å². The van der Waals surface area contributed by atoms with Gasteiger partial charge in [0, 0.05) is 12.6 Å². The number of nitrogens with zero attached hydrogens (tertiary/aromatic N) is 3. The summed E-state index contributed by atoms with van der Waals surface area (Å²) in [5.41, 5.74) is -0.105. The minimum absolute atomic E-state index is 0.301. The number of hydrogen-bond donors (Lipinski definition) is 0. The average Bonchev–Trinajstić information content (AvgIpc) is 2.41. The smallest absolute Gasteiger partial charge is 0.434 e. The highest BCUT2D eigenvalue weighted by Gasteiger charge is 2.41. The van der Waals surface area contributed by atoms with Gasteiger partial charge in [0.25, 0.3) is 0 Å². The van der Waals surface area contributed by atoms with Gasteiger partial charge in [0.1, 0.15) is 11.2 Å². The van der Waals surface area contributed by atoms with E-state index in [1.54, 1.807) is 59.9 Å². The van der Waals surface area contributed by atoms with Gasteiger partial charge in [0.05, 0.1) is 17.4 Å². The molecule has 0 fully saturated rings. The molecule has 2 heterocycles. The molecule has 25 heavy (non-hydrogen) atoms. The Kier molecular flexibility index (Phi) is 4.97. The summed E-state index contributed by atoms with van der Waals surface area (Å²) in [5.74, 6) is 0. The Balaban J connectivity index is 2.45. The minimum atomic E-state index is -0.695. The first kappa shape index (κ1) is 19.0. The molecule has 2 amide bonds. The third-order valence-electron chi connectivity index (χ3n) is 3.36. The molecule has 1 aliphatic rings. The third-order valence-corrected chi connectivity index (χ3v) is 3.36. The van der Waals surface area contributed by atoms with E-state index in [2.05, 4.69) is 4.98 Å². The van der Waals surface area contributed by atoms with Crippen LogP contribution in [0, 0.1) is 0 Å². The SMILES string of the molecule is CC1Cc2ncccc2N(C(=O)OC(C)(C)C)N1C(=O)OC(C)(C)C. The van der Waals surface area contributed by atoms with Crippen molar-refractivity contribution >= 4 is 17.9 Å². The molecular formula is C18H27N3O4. The Labute approximate surface area is 148 Å². The van der Waals surface area contributed by atoms with E-state index in [4.69, 9.17) is 9.47 Å².